The molecule has 1 saturated heterocycles. The molecule has 4 aromatic carbocycles. The third kappa shape index (κ3) is 9.76. The summed E-state index contributed by atoms with van der Waals surface area (Å²) < 4.78 is 32.8. The SMILES string of the molecule is CC(C)(C)C(=O)OC[C@H]1O[C@@H](Sc2ccccc2)[C@H](OCc2ccccc2)[C@@H](OCc2ccccc2)[C@@H]1OCc1ccccc1. The maximum absolute atomic E-state index is 12.9. The quantitative estimate of drug-likeness (QED) is 0.140. The van der Waals surface area contributed by atoms with Crippen molar-refractivity contribution in [1.82, 2.24) is 0 Å². The van der Waals surface area contributed by atoms with Crippen LogP contribution in [0.15, 0.2) is 126 Å². The van der Waals surface area contributed by atoms with Crippen LogP contribution in [-0.2, 0) is 48.3 Å². The van der Waals surface area contributed by atoms with E-state index in [9.17, 15) is 4.79 Å². The summed E-state index contributed by atoms with van der Waals surface area (Å²) in [6, 6.07) is 40.2. The van der Waals surface area contributed by atoms with E-state index in [4.69, 9.17) is 23.7 Å². The van der Waals surface area contributed by atoms with Gasteiger partial charge in [0.25, 0.3) is 0 Å². The highest BCUT2D eigenvalue weighted by atomic mass is 32.2. The number of thioether (sulfide) groups is 1. The van der Waals surface area contributed by atoms with Gasteiger partial charge < -0.3 is 23.7 Å². The summed E-state index contributed by atoms with van der Waals surface area (Å²) in [6.07, 6.45) is -2.23. The van der Waals surface area contributed by atoms with E-state index in [-0.39, 0.29) is 12.6 Å². The van der Waals surface area contributed by atoms with E-state index in [1.807, 2.05) is 130 Å². The minimum absolute atomic E-state index is 0.0258. The number of carbonyl (C=O) groups excluding carboxylic acids is 1. The fourth-order valence-electron chi connectivity index (χ4n) is 4.98. The van der Waals surface area contributed by atoms with Gasteiger partial charge >= 0.3 is 5.97 Å². The van der Waals surface area contributed by atoms with Crippen molar-refractivity contribution in [3.05, 3.63) is 138 Å². The molecule has 1 aliphatic rings. The molecule has 6 nitrogen and oxygen atoms in total. The molecule has 5 rings (SSSR count). The first kappa shape index (κ1) is 32.9. The summed E-state index contributed by atoms with van der Waals surface area (Å²) in [6.45, 7) is 6.62. The Morgan fingerprint density at radius 2 is 1.04 bits per heavy atom. The van der Waals surface area contributed by atoms with Crippen LogP contribution in [0.2, 0.25) is 0 Å². The number of hydrogen-bond donors (Lipinski definition) is 0. The number of carbonyl (C=O) groups is 1. The molecule has 1 fully saturated rings. The summed E-state index contributed by atoms with van der Waals surface area (Å²) in [7, 11) is 0. The molecule has 1 heterocycles. The highest BCUT2D eigenvalue weighted by molar-refractivity contribution is 7.99. The monoisotopic (exact) mass is 626 g/mol. The summed E-state index contributed by atoms with van der Waals surface area (Å²) in [5.41, 5.74) is 1.98. The van der Waals surface area contributed by atoms with Gasteiger partial charge in [-0.05, 0) is 49.6 Å². The average molecular weight is 627 g/mol. The van der Waals surface area contributed by atoms with Crippen molar-refractivity contribution in [2.24, 2.45) is 5.41 Å². The lowest BCUT2D eigenvalue weighted by Crippen LogP contribution is -2.60. The van der Waals surface area contributed by atoms with Gasteiger partial charge in [-0.15, -0.1) is 0 Å². The predicted molar refractivity (Wildman–Crippen MR) is 176 cm³/mol. The van der Waals surface area contributed by atoms with E-state index >= 15 is 0 Å². The highest BCUT2D eigenvalue weighted by Gasteiger charge is 2.49. The fourth-order valence-corrected chi connectivity index (χ4v) is 6.13. The van der Waals surface area contributed by atoms with Crippen molar-refractivity contribution >= 4 is 17.7 Å². The molecule has 1 aliphatic heterocycles. The number of rotatable bonds is 13. The normalized spacial score (nSPS) is 21.7. The molecule has 0 aromatic heterocycles. The third-order valence-corrected chi connectivity index (χ3v) is 8.59. The maximum atomic E-state index is 12.9. The van der Waals surface area contributed by atoms with Gasteiger partial charge in [-0.1, -0.05) is 121 Å². The highest BCUT2D eigenvalue weighted by Crippen LogP contribution is 2.38. The Bertz CT molecular complexity index is 1430. The Labute approximate surface area is 271 Å². The minimum atomic E-state index is -0.655. The van der Waals surface area contributed by atoms with E-state index < -0.39 is 35.3 Å². The zero-order valence-electron chi connectivity index (χ0n) is 26.1. The molecule has 0 bridgehead atoms. The Balaban J connectivity index is 1.49. The topological polar surface area (TPSA) is 63.2 Å². The van der Waals surface area contributed by atoms with Crippen LogP contribution in [0.1, 0.15) is 37.5 Å². The predicted octanol–water partition coefficient (Wildman–Crippen LogP) is 7.85. The van der Waals surface area contributed by atoms with Gasteiger partial charge in [-0.25, -0.2) is 0 Å². The van der Waals surface area contributed by atoms with Crippen molar-refractivity contribution in [2.45, 2.75) is 75.3 Å². The number of ether oxygens (including phenoxy) is 5. The summed E-state index contributed by atoms with van der Waals surface area (Å²) >= 11 is 1.57. The Morgan fingerprint density at radius 3 is 1.51 bits per heavy atom. The Morgan fingerprint density at radius 1 is 0.622 bits per heavy atom. The van der Waals surface area contributed by atoms with Crippen molar-refractivity contribution in [2.75, 3.05) is 6.61 Å². The van der Waals surface area contributed by atoms with Crippen LogP contribution < -0.4 is 0 Å². The largest absolute Gasteiger partial charge is 0.462 e. The lowest BCUT2D eigenvalue weighted by atomic mass is 9.97. The van der Waals surface area contributed by atoms with Crippen LogP contribution in [0.5, 0.6) is 0 Å². The molecule has 45 heavy (non-hydrogen) atoms. The Kier molecular flexibility index (Phi) is 11.9. The second kappa shape index (κ2) is 16.2. The molecule has 7 heteroatoms. The molecule has 0 saturated carbocycles. The van der Waals surface area contributed by atoms with E-state index in [0.29, 0.717) is 19.8 Å². The second-order valence-electron chi connectivity index (χ2n) is 12.1. The zero-order chi connectivity index (χ0) is 31.5. The van der Waals surface area contributed by atoms with Crippen molar-refractivity contribution in [1.29, 1.82) is 0 Å². The van der Waals surface area contributed by atoms with Gasteiger partial charge in [0.15, 0.2) is 0 Å². The molecule has 0 aliphatic carbocycles. The van der Waals surface area contributed by atoms with E-state index in [1.165, 1.54) is 0 Å². The molecule has 236 valence electrons. The third-order valence-electron chi connectivity index (χ3n) is 7.43. The van der Waals surface area contributed by atoms with E-state index in [0.717, 1.165) is 21.6 Å². The van der Waals surface area contributed by atoms with Crippen LogP contribution in [0.4, 0.5) is 0 Å². The zero-order valence-corrected chi connectivity index (χ0v) is 26.9. The van der Waals surface area contributed by atoms with Crippen LogP contribution >= 0.6 is 11.8 Å². The summed E-state index contributed by atoms with van der Waals surface area (Å²) in [5.74, 6) is -0.302. The van der Waals surface area contributed by atoms with Gasteiger partial charge in [0.2, 0.25) is 0 Å². The summed E-state index contributed by atoms with van der Waals surface area (Å²) in [4.78, 5) is 13.9. The van der Waals surface area contributed by atoms with Crippen LogP contribution in [0.25, 0.3) is 0 Å². The van der Waals surface area contributed by atoms with Crippen molar-refractivity contribution in [3.8, 4) is 0 Å². The molecule has 0 spiro atoms. The molecule has 0 radical (unpaired) electrons. The van der Waals surface area contributed by atoms with Crippen molar-refractivity contribution < 1.29 is 28.5 Å². The van der Waals surface area contributed by atoms with Gasteiger partial charge in [0.1, 0.15) is 36.5 Å². The molecular weight excluding hydrogens is 584 g/mol. The van der Waals surface area contributed by atoms with Crippen LogP contribution in [0.3, 0.4) is 0 Å². The summed E-state index contributed by atoms with van der Waals surface area (Å²) in [5, 5.41) is 0. The fraction of sp³-hybridized carbons (Fsp3) is 0.342. The first-order valence-corrected chi connectivity index (χ1v) is 16.3. The second-order valence-corrected chi connectivity index (χ2v) is 13.3. The van der Waals surface area contributed by atoms with Gasteiger partial charge in [0.05, 0.1) is 25.2 Å². The first-order valence-electron chi connectivity index (χ1n) is 15.4. The maximum Gasteiger partial charge on any atom is 0.311 e. The molecule has 0 unspecified atom stereocenters. The van der Waals surface area contributed by atoms with Gasteiger partial charge in [0, 0.05) is 4.90 Å². The number of esters is 1. The van der Waals surface area contributed by atoms with E-state index in [1.54, 1.807) is 11.8 Å². The van der Waals surface area contributed by atoms with Crippen LogP contribution in [-0.4, -0.2) is 42.4 Å². The first-order chi connectivity index (χ1) is 21.9. The van der Waals surface area contributed by atoms with Gasteiger partial charge in [-0.3, -0.25) is 4.79 Å². The molecule has 5 atom stereocenters. The van der Waals surface area contributed by atoms with E-state index in [2.05, 4.69) is 12.1 Å². The standard InChI is InChI=1S/C38H42O6S/c1-38(2,3)37(39)43-27-32-33(40-24-28-16-8-4-9-17-28)34(41-25-29-18-10-5-11-19-29)35(42-26-30-20-12-6-13-21-30)36(44-32)45-31-22-14-7-15-23-31/h4-23,32-36H,24-27H2,1-3H3/t32-,33-,34+,35-,36+/m1/s1. The molecule has 4 aromatic rings. The van der Waals surface area contributed by atoms with Gasteiger partial charge in [-0.2, -0.15) is 0 Å². The average Bonchev–Trinajstić information content (AvgIpc) is 3.06. The number of benzene rings is 4. The minimum Gasteiger partial charge on any atom is -0.462 e. The Hall–Kier alpha value is -3.46. The van der Waals surface area contributed by atoms with Crippen molar-refractivity contribution in [3.63, 3.8) is 0 Å². The molecule has 0 N–H and O–H groups in total. The molecular formula is C38H42O6S. The lowest BCUT2D eigenvalue weighted by Gasteiger charge is -2.46. The smallest absolute Gasteiger partial charge is 0.311 e. The molecule has 0 amide bonds. The lowest BCUT2D eigenvalue weighted by molar-refractivity contribution is -0.254. The number of hydrogen-bond acceptors (Lipinski definition) is 7. The van der Waals surface area contributed by atoms with Crippen LogP contribution in [0, 0.1) is 5.41 Å².